The molecule has 0 fully saturated rings. The zero-order chi connectivity index (χ0) is 10.3. The van der Waals surface area contributed by atoms with Crippen molar-refractivity contribution in [1.82, 2.24) is 4.98 Å². The van der Waals surface area contributed by atoms with Crippen molar-refractivity contribution in [3.05, 3.63) is 34.2 Å². The fourth-order valence-corrected chi connectivity index (χ4v) is 2.25. The van der Waals surface area contributed by atoms with Gasteiger partial charge in [0.2, 0.25) is 0 Å². The molecule has 1 heterocycles. The van der Waals surface area contributed by atoms with Gasteiger partial charge in [0.05, 0.1) is 0 Å². The zero-order valence-corrected chi connectivity index (χ0v) is 9.23. The molecule has 1 atom stereocenters. The molecule has 0 amide bonds. The van der Waals surface area contributed by atoms with Crippen molar-refractivity contribution in [2.75, 3.05) is 0 Å². The fourth-order valence-electron chi connectivity index (χ4n) is 1.47. The number of benzene rings is 1. The summed E-state index contributed by atoms with van der Waals surface area (Å²) in [7, 11) is 0. The van der Waals surface area contributed by atoms with Gasteiger partial charge in [0, 0.05) is 27.1 Å². The van der Waals surface area contributed by atoms with Gasteiger partial charge in [-0.3, -0.25) is 0 Å². The highest BCUT2D eigenvalue weighted by molar-refractivity contribution is 9.10. The normalized spacial score (nSPS) is 13.4. The summed E-state index contributed by atoms with van der Waals surface area (Å²) in [5.74, 6) is -0.242. The third-order valence-corrected chi connectivity index (χ3v) is 3.03. The van der Waals surface area contributed by atoms with Crippen LogP contribution in [0.4, 0.5) is 4.39 Å². The van der Waals surface area contributed by atoms with E-state index < -0.39 is 0 Å². The van der Waals surface area contributed by atoms with Crippen LogP contribution in [0.5, 0.6) is 0 Å². The Balaban J connectivity index is 2.74. The minimum atomic E-state index is -0.242. The van der Waals surface area contributed by atoms with Crippen LogP contribution in [0.1, 0.15) is 18.7 Å². The third kappa shape index (κ3) is 1.44. The Morgan fingerprint density at radius 1 is 1.50 bits per heavy atom. The summed E-state index contributed by atoms with van der Waals surface area (Å²) in [5, 5.41) is 0.831. The molecule has 0 aliphatic carbocycles. The molecular formula is C10H10BrFN2. The topological polar surface area (TPSA) is 41.8 Å². The van der Waals surface area contributed by atoms with E-state index in [2.05, 4.69) is 20.9 Å². The van der Waals surface area contributed by atoms with Crippen molar-refractivity contribution < 1.29 is 4.39 Å². The van der Waals surface area contributed by atoms with Gasteiger partial charge in [-0.1, -0.05) is 0 Å². The van der Waals surface area contributed by atoms with Crippen molar-refractivity contribution in [1.29, 1.82) is 0 Å². The molecule has 1 aromatic carbocycles. The minimum absolute atomic E-state index is 0.0974. The molecule has 0 spiro atoms. The lowest BCUT2D eigenvalue weighted by Crippen LogP contribution is -2.05. The average molecular weight is 257 g/mol. The zero-order valence-electron chi connectivity index (χ0n) is 7.64. The van der Waals surface area contributed by atoms with Crippen LogP contribution in [-0.2, 0) is 0 Å². The fraction of sp³-hybridized carbons (Fsp3) is 0.200. The summed E-state index contributed by atoms with van der Waals surface area (Å²) in [5.41, 5.74) is 7.55. The molecule has 2 aromatic rings. The van der Waals surface area contributed by atoms with Crippen LogP contribution in [0.2, 0.25) is 0 Å². The highest BCUT2D eigenvalue weighted by Crippen LogP contribution is 2.30. The molecule has 74 valence electrons. The molecular weight excluding hydrogens is 247 g/mol. The number of aromatic nitrogens is 1. The van der Waals surface area contributed by atoms with Gasteiger partial charge >= 0.3 is 0 Å². The predicted octanol–water partition coefficient (Wildman–Crippen LogP) is 3.09. The molecule has 0 aliphatic heterocycles. The summed E-state index contributed by atoms with van der Waals surface area (Å²) in [6, 6.07) is 4.53. The van der Waals surface area contributed by atoms with Crippen LogP contribution in [0, 0.1) is 5.82 Å². The lowest BCUT2D eigenvalue weighted by Gasteiger charge is -2.01. The standard InChI is InChI=1S/C10H10BrFN2/c1-5(13)10-9(11)7-4-6(12)2-3-8(7)14-10/h2-5,14H,13H2,1H3. The van der Waals surface area contributed by atoms with E-state index in [1.165, 1.54) is 12.1 Å². The van der Waals surface area contributed by atoms with Gasteiger partial charge in [-0.05, 0) is 41.1 Å². The Kier molecular flexibility index (Phi) is 2.33. The van der Waals surface area contributed by atoms with Crippen molar-refractivity contribution in [3.8, 4) is 0 Å². The number of aromatic amines is 1. The predicted molar refractivity (Wildman–Crippen MR) is 58.6 cm³/mol. The van der Waals surface area contributed by atoms with Crippen LogP contribution in [0.3, 0.4) is 0 Å². The highest BCUT2D eigenvalue weighted by atomic mass is 79.9. The second-order valence-corrected chi connectivity index (χ2v) is 4.12. The van der Waals surface area contributed by atoms with Gasteiger partial charge in [-0.2, -0.15) is 0 Å². The monoisotopic (exact) mass is 256 g/mol. The number of H-pyrrole nitrogens is 1. The number of hydrogen-bond donors (Lipinski definition) is 2. The SMILES string of the molecule is CC(N)c1[nH]c2ccc(F)cc2c1Br. The maximum atomic E-state index is 13.0. The van der Waals surface area contributed by atoms with Crippen molar-refractivity contribution >= 4 is 26.8 Å². The Hall–Kier alpha value is -0.870. The minimum Gasteiger partial charge on any atom is -0.356 e. The average Bonchev–Trinajstić information content (AvgIpc) is 2.44. The molecule has 14 heavy (non-hydrogen) atoms. The Morgan fingerprint density at radius 3 is 2.86 bits per heavy atom. The Morgan fingerprint density at radius 2 is 2.21 bits per heavy atom. The summed E-state index contributed by atoms with van der Waals surface area (Å²) in [6.07, 6.45) is 0. The van der Waals surface area contributed by atoms with Gasteiger partial charge < -0.3 is 10.7 Å². The number of halogens is 2. The van der Waals surface area contributed by atoms with Crippen LogP contribution in [0.25, 0.3) is 10.9 Å². The first-order chi connectivity index (χ1) is 6.59. The Bertz CT molecular complexity index is 476. The second kappa shape index (κ2) is 3.37. The molecule has 1 unspecified atom stereocenters. The molecule has 0 bridgehead atoms. The molecule has 2 nitrogen and oxygen atoms in total. The van der Waals surface area contributed by atoms with Gasteiger partial charge in [0.15, 0.2) is 0 Å². The molecule has 4 heteroatoms. The van der Waals surface area contributed by atoms with E-state index in [9.17, 15) is 4.39 Å². The third-order valence-electron chi connectivity index (χ3n) is 2.18. The second-order valence-electron chi connectivity index (χ2n) is 3.33. The summed E-state index contributed by atoms with van der Waals surface area (Å²) in [6.45, 7) is 1.88. The summed E-state index contributed by atoms with van der Waals surface area (Å²) in [4.78, 5) is 3.15. The van der Waals surface area contributed by atoms with Gasteiger partial charge in [-0.25, -0.2) is 4.39 Å². The maximum Gasteiger partial charge on any atom is 0.123 e. The van der Waals surface area contributed by atoms with E-state index in [-0.39, 0.29) is 11.9 Å². The van der Waals surface area contributed by atoms with Crippen molar-refractivity contribution in [3.63, 3.8) is 0 Å². The van der Waals surface area contributed by atoms with Crippen LogP contribution < -0.4 is 5.73 Å². The first-order valence-corrected chi connectivity index (χ1v) is 5.11. The lowest BCUT2D eigenvalue weighted by atomic mass is 10.2. The molecule has 0 saturated carbocycles. The molecule has 2 rings (SSSR count). The van der Waals surface area contributed by atoms with E-state index in [1.54, 1.807) is 6.07 Å². The number of nitrogens with one attached hydrogen (secondary N) is 1. The van der Waals surface area contributed by atoms with E-state index >= 15 is 0 Å². The van der Waals surface area contributed by atoms with Gasteiger partial charge in [0.1, 0.15) is 5.82 Å². The van der Waals surface area contributed by atoms with E-state index in [0.29, 0.717) is 0 Å². The maximum absolute atomic E-state index is 13.0. The molecule has 1 aromatic heterocycles. The number of hydrogen-bond acceptors (Lipinski definition) is 1. The Labute approximate surface area is 89.4 Å². The quantitative estimate of drug-likeness (QED) is 0.809. The first kappa shape index (κ1) is 9.68. The lowest BCUT2D eigenvalue weighted by molar-refractivity contribution is 0.629. The molecule has 0 aliphatic rings. The van der Waals surface area contributed by atoms with Crippen LogP contribution in [0.15, 0.2) is 22.7 Å². The van der Waals surface area contributed by atoms with Crippen molar-refractivity contribution in [2.45, 2.75) is 13.0 Å². The summed E-state index contributed by atoms with van der Waals surface area (Å²) < 4.78 is 13.8. The molecule has 0 saturated heterocycles. The number of nitrogens with two attached hydrogens (primary N) is 1. The van der Waals surface area contributed by atoms with E-state index in [0.717, 1.165) is 21.1 Å². The molecule has 3 N–H and O–H groups in total. The van der Waals surface area contributed by atoms with Crippen molar-refractivity contribution in [2.24, 2.45) is 5.73 Å². The highest BCUT2D eigenvalue weighted by Gasteiger charge is 2.12. The van der Waals surface area contributed by atoms with Gasteiger partial charge in [0.25, 0.3) is 0 Å². The summed E-state index contributed by atoms with van der Waals surface area (Å²) >= 11 is 3.41. The molecule has 0 radical (unpaired) electrons. The smallest absolute Gasteiger partial charge is 0.123 e. The van der Waals surface area contributed by atoms with E-state index in [1.807, 2.05) is 6.92 Å². The first-order valence-electron chi connectivity index (χ1n) is 4.32. The number of fused-ring (bicyclic) bond motifs is 1. The number of rotatable bonds is 1. The van der Waals surface area contributed by atoms with Gasteiger partial charge in [-0.15, -0.1) is 0 Å². The largest absolute Gasteiger partial charge is 0.356 e. The van der Waals surface area contributed by atoms with Crippen LogP contribution in [-0.4, -0.2) is 4.98 Å². The van der Waals surface area contributed by atoms with Crippen LogP contribution >= 0.6 is 15.9 Å². The van der Waals surface area contributed by atoms with E-state index in [4.69, 9.17) is 5.73 Å².